The molecule has 14 atom stereocenters. The molecule has 38 heavy (non-hydrogen) atoms. The Kier molecular flexibility index (Phi) is 10.8. The highest BCUT2D eigenvalue weighted by molar-refractivity contribution is 5.73. The average molecular weight is 555 g/mol. The van der Waals surface area contributed by atoms with Crippen molar-refractivity contribution in [2.24, 2.45) is 0 Å². The summed E-state index contributed by atoms with van der Waals surface area (Å²) in [6.07, 6.45) is -16.9. The van der Waals surface area contributed by atoms with Crippen molar-refractivity contribution >= 4 is 11.8 Å². The molecule has 16 heteroatoms. The molecular formula is C22H38N2O14. The molecule has 2 amide bonds. The van der Waals surface area contributed by atoms with E-state index >= 15 is 0 Å². The maximum Gasteiger partial charge on any atom is 0.217 e. The molecule has 0 saturated carbocycles. The predicted molar refractivity (Wildman–Crippen MR) is 122 cm³/mol. The lowest BCUT2D eigenvalue weighted by atomic mass is 9.94. The Bertz CT molecular complexity index is 806. The summed E-state index contributed by atoms with van der Waals surface area (Å²) in [6.45, 7) is 2.36. The van der Waals surface area contributed by atoms with Crippen LogP contribution < -0.4 is 10.6 Å². The molecule has 9 N–H and O–H groups in total. The Morgan fingerprint density at radius 3 is 1.95 bits per heavy atom. The van der Waals surface area contributed by atoms with Crippen molar-refractivity contribution in [1.82, 2.24) is 10.6 Å². The van der Waals surface area contributed by atoms with Crippen molar-refractivity contribution in [3.8, 4) is 0 Å². The van der Waals surface area contributed by atoms with Gasteiger partial charge in [0.05, 0.1) is 32.0 Å². The fourth-order valence-electron chi connectivity index (χ4n) is 4.76. The lowest BCUT2D eigenvalue weighted by Crippen LogP contribution is -2.69. The molecule has 0 radical (unpaired) electrons. The smallest absolute Gasteiger partial charge is 0.217 e. The Morgan fingerprint density at radius 2 is 1.37 bits per heavy atom. The van der Waals surface area contributed by atoms with Gasteiger partial charge in [-0.25, -0.2) is 0 Å². The molecule has 3 heterocycles. The van der Waals surface area contributed by atoms with E-state index in [0.29, 0.717) is 0 Å². The molecule has 0 aromatic rings. The number of carbonyl (C=O) groups excluding carboxylic acids is 2. The lowest BCUT2D eigenvalue weighted by Gasteiger charge is -2.49. The summed E-state index contributed by atoms with van der Waals surface area (Å²) < 4.78 is 28.8. The van der Waals surface area contributed by atoms with Crippen LogP contribution in [0.1, 0.15) is 20.8 Å². The van der Waals surface area contributed by atoms with E-state index in [-0.39, 0.29) is 6.61 Å². The van der Waals surface area contributed by atoms with Crippen molar-refractivity contribution in [2.75, 3.05) is 19.8 Å². The third-order valence-corrected chi connectivity index (χ3v) is 6.79. The van der Waals surface area contributed by atoms with Gasteiger partial charge in [0.1, 0.15) is 61.0 Å². The first-order valence-electron chi connectivity index (χ1n) is 12.3. The Hall–Kier alpha value is -1.54. The average Bonchev–Trinajstić information content (AvgIpc) is 2.86. The largest absolute Gasteiger partial charge is 0.394 e. The third-order valence-electron chi connectivity index (χ3n) is 6.79. The van der Waals surface area contributed by atoms with Crippen molar-refractivity contribution in [3.63, 3.8) is 0 Å². The first-order chi connectivity index (χ1) is 17.9. The summed E-state index contributed by atoms with van der Waals surface area (Å²) in [5, 5.41) is 76.3. The SMILES string of the molecule is CC(=O)N[C@@H]1[C@@H](O[C@H]2[C@H](O[C@@H]3O[C@@H](C)[C@@H](O)[C@@H](O)[C@@H]3O)[C@@H](NC(C)=O)CO[C@@H]2CO)O[C@H](CO)[C@@H](O)[C@@H]1O. The molecule has 0 aromatic heterocycles. The minimum absolute atomic E-state index is 0.167. The number of amides is 2. The number of ether oxygens (including phenoxy) is 5. The maximum absolute atomic E-state index is 11.9. The van der Waals surface area contributed by atoms with Gasteiger partial charge in [0.2, 0.25) is 11.8 Å². The van der Waals surface area contributed by atoms with E-state index in [1.165, 1.54) is 13.8 Å². The first-order valence-corrected chi connectivity index (χ1v) is 12.3. The van der Waals surface area contributed by atoms with Crippen LogP contribution in [0.2, 0.25) is 0 Å². The van der Waals surface area contributed by atoms with Crippen LogP contribution in [0, 0.1) is 0 Å². The van der Waals surface area contributed by atoms with E-state index in [4.69, 9.17) is 23.7 Å². The summed E-state index contributed by atoms with van der Waals surface area (Å²) in [5.74, 6) is -1.07. The molecule has 0 spiro atoms. The van der Waals surface area contributed by atoms with Crippen molar-refractivity contribution in [1.29, 1.82) is 0 Å². The highest BCUT2D eigenvalue weighted by atomic mass is 16.7. The number of aliphatic hydroxyl groups is 7. The topological polar surface area (TPSA) is 246 Å². The number of nitrogens with one attached hydrogen (secondary N) is 2. The van der Waals surface area contributed by atoms with E-state index in [1.54, 1.807) is 0 Å². The van der Waals surface area contributed by atoms with Crippen LogP contribution in [-0.2, 0) is 33.3 Å². The Balaban J connectivity index is 1.94. The van der Waals surface area contributed by atoms with Gasteiger partial charge in [-0.3, -0.25) is 9.59 Å². The fourth-order valence-corrected chi connectivity index (χ4v) is 4.76. The zero-order valence-corrected chi connectivity index (χ0v) is 21.2. The van der Waals surface area contributed by atoms with Crippen molar-refractivity contribution in [3.05, 3.63) is 0 Å². The molecule has 0 aromatic carbocycles. The lowest BCUT2D eigenvalue weighted by molar-refractivity contribution is -0.346. The second-order valence-electron chi connectivity index (χ2n) is 9.68. The fraction of sp³-hybridized carbons (Fsp3) is 0.909. The highest BCUT2D eigenvalue weighted by Crippen LogP contribution is 2.31. The number of carbonyl (C=O) groups is 2. The van der Waals surface area contributed by atoms with Crippen LogP contribution >= 0.6 is 0 Å². The zero-order chi connectivity index (χ0) is 28.3. The number of rotatable bonds is 8. The van der Waals surface area contributed by atoms with Gasteiger partial charge in [0, 0.05) is 13.8 Å². The molecule has 16 nitrogen and oxygen atoms in total. The van der Waals surface area contributed by atoms with E-state index in [2.05, 4.69) is 10.6 Å². The van der Waals surface area contributed by atoms with Gasteiger partial charge in [0.15, 0.2) is 12.6 Å². The van der Waals surface area contributed by atoms with E-state index in [0.717, 1.165) is 6.92 Å². The molecule has 3 aliphatic heterocycles. The summed E-state index contributed by atoms with van der Waals surface area (Å²) in [5.41, 5.74) is 0. The van der Waals surface area contributed by atoms with Crippen LogP contribution in [0.25, 0.3) is 0 Å². The van der Waals surface area contributed by atoms with Crippen LogP contribution in [-0.4, -0.2) is 153 Å². The Morgan fingerprint density at radius 1 is 0.763 bits per heavy atom. The highest BCUT2D eigenvalue weighted by Gasteiger charge is 2.52. The second-order valence-corrected chi connectivity index (χ2v) is 9.68. The van der Waals surface area contributed by atoms with Crippen molar-refractivity contribution in [2.45, 2.75) is 106 Å². The standard InChI is InChI=1S/C22H38N2O14/c1-7-14(29)17(32)18(33)22(35-7)37-19-10(23-8(2)27)6-34-12(5-26)20(19)38-21-13(24-9(3)28)16(31)15(30)11(4-25)36-21/h7,10-22,25-26,29-33H,4-6H2,1-3H3,(H,23,27)(H,24,28)/t7-,10-,11+,12+,13-,14+,15+,16+,17+,18-,19+,20+,21+,22-/m0/s1. The Labute approximate surface area is 218 Å². The minimum atomic E-state index is -1.70. The molecule has 3 fully saturated rings. The molecule has 0 bridgehead atoms. The van der Waals surface area contributed by atoms with Gasteiger partial charge in [-0.1, -0.05) is 0 Å². The molecule has 3 rings (SSSR count). The van der Waals surface area contributed by atoms with Gasteiger partial charge < -0.3 is 70.1 Å². The monoisotopic (exact) mass is 554 g/mol. The molecule has 3 saturated heterocycles. The minimum Gasteiger partial charge on any atom is -0.394 e. The normalized spacial score (nSPS) is 45.8. The third kappa shape index (κ3) is 6.78. The molecule has 3 aliphatic rings. The summed E-state index contributed by atoms with van der Waals surface area (Å²) in [6, 6.07) is -2.28. The number of hydrogen-bond donors (Lipinski definition) is 9. The molecule has 0 unspecified atom stereocenters. The van der Waals surface area contributed by atoms with Crippen molar-refractivity contribution < 1.29 is 69.0 Å². The first kappa shape index (κ1) is 31.0. The van der Waals surface area contributed by atoms with Crippen LogP contribution in [0.4, 0.5) is 0 Å². The van der Waals surface area contributed by atoms with E-state index in [1.807, 2.05) is 0 Å². The van der Waals surface area contributed by atoms with Crippen LogP contribution in [0.5, 0.6) is 0 Å². The van der Waals surface area contributed by atoms with E-state index < -0.39 is 111 Å². The van der Waals surface area contributed by atoms with Crippen LogP contribution in [0.15, 0.2) is 0 Å². The van der Waals surface area contributed by atoms with E-state index in [9.17, 15) is 45.3 Å². The molecular weight excluding hydrogens is 516 g/mol. The summed E-state index contributed by atoms with van der Waals surface area (Å²) in [4.78, 5) is 23.7. The van der Waals surface area contributed by atoms with Gasteiger partial charge in [0.25, 0.3) is 0 Å². The maximum atomic E-state index is 11.9. The number of hydrogen-bond acceptors (Lipinski definition) is 14. The predicted octanol–water partition coefficient (Wildman–Crippen LogP) is -5.58. The summed E-state index contributed by atoms with van der Waals surface area (Å²) >= 11 is 0. The molecule has 220 valence electrons. The van der Waals surface area contributed by atoms with Gasteiger partial charge in [-0.05, 0) is 6.92 Å². The van der Waals surface area contributed by atoms with Crippen LogP contribution in [0.3, 0.4) is 0 Å². The van der Waals surface area contributed by atoms with Gasteiger partial charge in [-0.2, -0.15) is 0 Å². The molecule has 0 aliphatic carbocycles. The summed E-state index contributed by atoms with van der Waals surface area (Å²) in [7, 11) is 0. The second kappa shape index (κ2) is 13.2. The number of aliphatic hydroxyl groups excluding tert-OH is 7. The van der Waals surface area contributed by atoms with Gasteiger partial charge >= 0.3 is 0 Å². The van der Waals surface area contributed by atoms with Gasteiger partial charge in [-0.15, -0.1) is 0 Å². The quantitative estimate of drug-likeness (QED) is 0.136. The zero-order valence-electron chi connectivity index (χ0n) is 21.2.